The SMILES string of the molecule is CC(C)=CCCC(C)=CCOc1c(OC(C)C)c(=O)oc2c(O)cccc12. The van der Waals surface area contributed by atoms with Crippen molar-refractivity contribution in [1.82, 2.24) is 0 Å². The molecule has 1 aromatic carbocycles. The van der Waals surface area contributed by atoms with E-state index in [1.54, 1.807) is 12.1 Å². The fourth-order valence-electron chi connectivity index (χ4n) is 2.60. The van der Waals surface area contributed by atoms with Crippen molar-refractivity contribution in [3.05, 3.63) is 51.9 Å². The van der Waals surface area contributed by atoms with Crippen LogP contribution in [-0.2, 0) is 0 Å². The Morgan fingerprint density at radius 2 is 1.93 bits per heavy atom. The molecule has 1 heterocycles. The molecular formula is C22H28O5. The predicted octanol–water partition coefficient (Wildman–Crippen LogP) is 5.36. The van der Waals surface area contributed by atoms with Crippen LogP contribution in [0.3, 0.4) is 0 Å². The Balaban J connectivity index is 2.31. The smallest absolute Gasteiger partial charge is 0.383 e. The maximum atomic E-state index is 12.3. The second kappa shape index (κ2) is 9.31. The number of allylic oxidation sites excluding steroid dienone is 3. The van der Waals surface area contributed by atoms with Crippen molar-refractivity contribution < 1.29 is 19.0 Å². The van der Waals surface area contributed by atoms with Crippen LogP contribution in [0.1, 0.15) is 47.5 Å². The van der Waals surface area contributed by atoms with E-state index in [-0.39, 0.29) is 23.2 Å². The van der Waals surface area contributed by atoms with Gasteiger partial charge >= 0.3 is 5.63 Å². The van der Waals surface area contributed by atoms with Gasteiger partial charge in [0.1, 0.15) is 6.61 Å². The molecule has 0 atom stereocenters. The number of aromatic hydroxyl groups is 1. The van der Waals surface area contributed by atoms with Crippen LogP contribution in [0.2, 0.25) is 0 Å². The van der Waals surface area contributed by atoms with E-state index < -0.39 is 5.63 Å². The maximum absolute atomic E-state index is 12.3. The van der Waals surface area contributed by atoms with Gasteiger partial charge in [0, 0.05) is 0 Å². The molecule has 0 aliphatic heterocycles. The number of phenols is 1. The van der Waals surface area contributed by atoms with E-state index in [0.717, 1.165) is 12.8 Å². The molecule has 5 nitrogen and oxygen atoms in total. The third-order valence-electron chi connectivity index (χ3n) is 3.93. The first-order valence-corrected chi connectivity index (χ1v) is 9.16. The lowest BCUT2D eigenvalue weighted by molar-refractivity contribution is 0.216. The number of para-hydroxylation sites is 1. The van der Waals surface area contributed by atoms with E-state index >= 15 is 0 Å². The zero-order valence-corrected chi connectivity index (χ0v) is 16.7. The third-order valence-corrected chi connectivity index (χ3v) is 3.93. The van der Waals surface area contributed by atoms with Crippen molar-refractivity contribution in [1.29, 1.82) is 0 Å². The molecule has 5 heteroatoms. The van der Waals surface area contributed by atoms with Crippen LogP contribution in [-0.4, -0.2) is 17.8 Å². The molecular weight excluding hydrogens is 344 g/mol. The molecule has 0 saturated carbocycles. The average Bonchev–Trinajstić information content (AvgIpc) is 2.57. The summed E-state index contributed by atoms with van der Waals surface area (Å²) in [5, 5.41) is 10.5. The van der Waals surface area contributed by atoms with Gasteiger partial charge in [-0.05, 0) is 65.7 Å². The minimum Gasteiger partial charge on any atom is -0.504 e. The largest absolute Gasteiger partial charge is 0.504 e. The van der Waals surface area contributed by atoms with Crippen LogP contribution in [0.25, 0.3) is 11.0 Å². The van der Waals surface area contributed by atoms with Gasteiger partial charge in [-0.3, -0.25) is 0 Å². The van der Waals surface area contributed by atoms with Gasteiger partial charge in [0.2, 0.25) is 5.75 Å². The van der Waals surface area contributed by atoms with Gasteiger partial charge in [0.25, 0.3) is 0 Å². The molecule has 0 aliphatic rings. The van der Waals surface area contributed by atoms with Crippen LogP contribution < -0.4 is 15.1 Å². The Kier molecular flexibility index (Phi) is 7.11. The van der Waals surface area contributed by atoms with Crippen LogP contribution in [0, 0.1) is 0 Å². The van der Waals surface area contributed by atoms with Gasteiger partial charge in [-0.1, -0.05) is 23.3 Å². The highest BCUT2D eigenvalue weighted by molar-refractivity contribution is 5.89. The molecule has 146 valence electrons. The second-order valence-electron chi connectivity index (χ2n) is 7.05. The maximum Gasteiger partial charge on any atom is 0.383 e. The van der Waals surface area contributed by atoms with Gasteiger partial charge in [-0.2, -0.15) is 0 Å². The van der Waals surface area contributed by atoms with Gasteiger partial charge in [0.15, 0.2) is 17.1 Å². The Morgan fingerprint density at radius 1 is 1.19 bits per heavy atom. The normalized spacial score (nSPS) is 11.7. The number of benzene rings is 1. The van der Waals surface area contributed by atoms with Gasteiger partial charge in [-0.25, -0.2) is 4.79 Å². The molecule has 0 aliphatic carbocycles. The van der Waals surface area contributed by atoms with Crippen LogP contribution in [0.15, 0.2) is 50.7 Å². The number of hydrogen-bond acceptors (Lipinski definition) is 5. The minimum atomic E-state index is -0.669. The first-order valence-electron chi connectivity index (χ1n) is 9.16. The second-order valence-corrected chi connectivity index (χ2v) is 7.05. The summed E-state index contributed by atoms with van der Waals surface area (Å²) in [7, 11) is 0. The van der Waals surface area contributed by atoms with E-state index in [1.807, 2.05) is 19.9 Å². The van der Waals surface area contributed by atoms with Crippen molar-refractivity contribution in [3.8, 4) is 17.2 Å². The monoisotopic (exact) mass is 372 g/mol. The summed E-state index contributed by atoms with van der Waals surface area (Å²) >= 11 is 0. The molecule has 2 rings (SSSR count). The van der Waals surface area contributed by atoms with E-state index in [4.69, 9.17) is 13.9 Å². The summed E-state index contributed by atoms with van der Waals surface area (Å²) in [6.07, 6.45) is 5.90. The summed E-state index contributed by atoms with van der Waals surface area (Å²) < 4.78 is 16.8. The molecule has 0 amide bonds. The fraction of sp³-hybridized carbons (Fsp3) is 0.409. The highest BCUT2D eigenvalue weighted by Gasteiger charge is 2.20. The fourth-order valence-corrected chi connectivity index (χ4v) is 2.60. The van der Waals surface area contributed by atoms with Crippen molar-refractivity contribution in [3.63, 3.8) is 0 Å². The minimum absolute atomic E-state index is 0.0266. The number of hydrogen-bond donors (Lipinski definition) is 1. The van der Waals surface area contributed by atoms with Crippen molar-refractivity contribution in [2.24, 2.45) is 0 Å². The Labute approximate surface area is 159 Å². The highest BCUT2D eigenvalue weighted by Crippen LogP contribution is 2.36. The van der Waals surface area contributed by atoms with Crippen LogP contribution in [0.4, 0.5) is 0 Å². The van der Waals surface area contributed by atoms with E-state index in [1.165, 1.54) is 17.2 Å². The van der Waals surface area contributed by atoms with Crippen LogP contribution in [0.5, 0.6) is 17.2 Å². The van der Waals surface area contributed by atoms with Crippen molar-refractivity contribution >= 4 is 11.0 Å². The van der Waals surface area contributed by atoms with Gasteiger partial charge in [0.05, 0.1) is 11.5 Å². The van der Waals surface area contributed by atoms with E-state index in [2.05, 4.69) is 26.8 Å². The van der Waals surface area contributed by atoms with Crippen molar-refractivity contribution in [2.45, 2.75) is 53.6 Å². The summed E-state index contributed by atoms with van der Waals surface area (Å²) in [6, 6.07) is 4.86. The lowest BCUT2D eigenvalue weighted by Gasteiger charge is -2.15. The standard InChI is InChI=1S/C22H28O5/c1-14(2)8-6-9-16(5)12-13-25-20-17-10-7-11-18(23)19(17)27-22(24)21(20)26-15(3)4/h7-8,10-12,15,23H,6,9,13H2,1-5H3. The molecule has 0 saturated heterocycles. The first-order chi connectivity index (χ1) is 12.8. The number of ether oxygens (including phenoxy) is 2. The third kappa shape index (κ3) is 5.64. The lowest BCUT2D eigenvalue weighted by atomic mass is 10.1. The Morgan fingerprint density at radius 3 is 2.59 bits per heavy atom. The molecule has 2 aromatic rings. The molecule has 0 unspecified atom stereocenters. The molecule has 0 bridgehead atoms. The molecule has 1 N–H and O–H groups in total. The van der Waals surface area contributed by atoms with Crippen molar-refractivity contribution in [2.75, 3.05) is 6.61 Å². The number of phenolic OH excluding ortho intramolecular Hbond substituents is 1. The zero-order chi connectivity index (χ0) is 20.0. The lowest BCUT2D eigenvalue weighted by Crippen LogP contribution is -2.15. The topological polar surface area (TPSA) is 68.9 Å². The number of fused-ring (bicyclic) bond motifs is 1. The Bertz CT molecular complexity index is 899. The summed E-state index contributed by atoms with van der Waals surface area (Å²) in [5.74, 6) is 0.205. The Hall–Kier alpha value is -2.69. The van der Waals surface area contributed by atoms with E-state index in [9.17, 15) is 9.90 Å². The average molecular weight is 372 g/mol. The summed E-state index contributed by atoms with van der Waals surface area (Å²) in [4.78, 5) is 12.3. The summed E-state index contributed by atoms with van der Waals surface area (Å²) in [6.45, 7) is 10.2. The molecule has 0 fully saturated rings. The number of rotatable bonds is 8. The molecule has 0 radical (unpaired) electrons. The highest BCUT2D eigenvalue weighted by atomic mass is 16.5. The molecule has 27 heavy (non-hydrogen) atoms. The van der Waals surface area contributed by atoms with Gasteiger partial charge in [-0.15, -0.1) is 0 Å². The predicted molar refractivity (Wildman–Crippen MR) is 108 cm³/mol. The van der Waals surface area contributed by atoms with Crippen LogP contribution >= 0.6 is 0 Å². The first kappa shape index (κ1) is 20.6. The summed E-state index contributed by atoms with van der Waals surface area (Å²) in [5.41, 5.74) is 1.93. The quantitative estimate of drug-likeness (QED) is 0.499. The zero-order valence-electron chi connectivity index (χ0n) is 16.7. The van der Waals surface area contributed by atoms with E-state index in [0.29, 0.717) is 17.7 Å². The molecule has 0 spiro atoms. The van der Waals surface area contributed by atoms with Gasteiger partial charge < -0.3 is 19.0 Å². The molecule has 1 aromatic heterocycles.